The maximum absolute atomic E-state index is 13.0. The van der Waals surface area contributed by atoms with E-state index in [9.17, 15) is 19.5 Å². The van der Waals surface area contributed by atoms with Crippen LogP contribution in [0.2, 0.25) is 0 Å². The summed E-state index contributed by atoms with van der Waals surface area (Å²) in [6, 6.07) is 20.4. The SMILES string of the molecule is COc1ccc(NC(=O)c2ccc(OC(CCNC(=O)NC34CC5CC(CC(C5)C3)C4)c3ccc(C(=O)O)cc3)cc2)cc1. The number of nitrogens with one attached hydrogen (secondary N) is 3. The van der Waals surface area contributed by atoms with Crippen LogP contribution in [0.1, 0.15) is 77.3 Å². The summed E-state index contributed by atoms with van der Waals surface area (Å²) in [5.41, 5.74) is 2.04. The molecule has 9 nitrogen and oxygen atoms in total. The molecule has 0 radical (unpaired) electrons. The summed E-state index contributed by atoms with van der Waals surface area (Å²) in [6.45, 7) is 0.381. The van der Waals surface area contributed by atoms with E-state index in [-0.39, 0.29) is 23.0 Å². The Labute approximate surface area is 257 Å². The van der Waals surface area contributed by atoms with Crippen LogP contribution in [0.25, 0.3) is 0 Å². The van der Waals surface area contributed by atoms with Gasteiger partial charge in [0.2, 0.25) is 0 Å². The van der Waals surface area contributed by atoms with E-state index in [2.05, 4.69) is 16.0 Å². The van der Waals surface area contributed by atoms with Gasteiger partial charge in [0.1, 0.15) is 17.6 Å². The van der Waals surface area contributed by atoms with Crippen LogP contribution in [0.15, 0.2) is 72.8 Å². The second kappa shape index (κ2) is 12.6. The average Bonchev–Trinajstić information content (AvgIpc) is 3.00. The van der Waals surface area contributed by atoms with Crippen LogP contribution in [0, 0.1) is 17.8 Å². The lowest BCUT2D eigenvalue weighted by atomic mass is 9.53. The van der Waals surface area contributed by atoms with Crippen molar-refractivity contribution in [3.63, 3.8) is 0 Å². The number of anilines is 1. The van der Waals surface area contributed by atoms with Gasteiger partial charge in [0.25, 0.3) is 5.91 Å². The minimum absolute atomic E-state index is 0.0667. The molecule has 0 aromatic heterocycles. The van der Waals surface area contributed by atoms with Crippen molar-refractivity contribution in [3.05, 3.63) is 89.5 Å². The number of carboxylic acids is 1. The van der Waals surface area contributed by atoms with Crippen molar-refractivity contribution in [1.29, 1.82) is 0 Å². The molecule has 0 aliphatic heterocycles. The summed E-state index contributed by atoms with van der Waals surface area (Å²) >= 11 is 0. The predicted molar refractivity (Wildman–Crippen MR) is 166 cm³/mol. The van der Waals surface area contributed by atoms with Gasteiger partial charge in [-0.1, -0.05) is 12.1 Å². The molecule has 1 atom stereocenters. The fourth-order valence-corrected chi connectivity index (χ4v) is 7.73. The number of hydrogen-bond acceptors (Lipinski definition) is 5. The summed E-state index contributed by atoms with van der Waals surface area (Å²) < 4.78 is 11.5. The highest BCUT2D eigenvalue weighted by atomic mass is 16.5. The number of carbonyl (C=O) groups excluding carboxylic acids is 2. The van der Waals surface area contributed by atoms with Gasteiger partial charge < -0.3 is 30.5 Å². The van der Waals surface area contributed by atoms with Gasteiger partial charge in [-0.3, -0.25) is 4.79 Å². The maximum atomic E-state index is 13.0. The lowest BCUT2D eigenvalue weighted by Gasteiger charge is -2.56. The fourth-order valence-electron chi connectivity index (χ4n) is 7.73. The molecule has 4 saturated carbocycles. The highest BCUT2D eigenvalue weighted by Crippen LogP contribution is 2.55. The molecular weight excluding hydrogens is 558 g/mol. The number of carboxylic acid groups (broad SMARTS) is 1. The standard InChI is InChI=1S/C35H39N3O6/c1-43-29-12-8-28(9-13-29)37-32(39)26-6-10-30(11-7-26)44-31(25-2-4-27(5-3-25)33(40)41)14-15-36-34(42)38-35-19-22-16-23(20-35)18-24(17-22)21-35/h2-13,22-24,31H,14-21H2,1H3,(H,37,39)(H,40,41)(H2,36,38,42). The van der Waals surface area contributed by atoms with Crippen LogP contribution in [0.4, 0.5) is 10.5 Å². The molecule has 4 N–H and O–H groups in total. The van der Waals surface area contributed by atoms with Gasteiger partial charge in [-0.25, -0.2) is 9.59 Å². The molecule has 4 fully saturated rings. The van der Waals surface area contributed by atoms with Crippen LogP contribution in [0.5, 0.6) is 11.5 Å². The van der Waals surface area contributed by atoms with Crippen LogP contribution in [-0.2, 0) is 0 Å². The first-order valence-electron chi connectivity index (χ1n) is 15.4. The molecule has 9 heteroatoms. The zero-order valence-electron chi connectivity index (χ0n) is 24.9. The Morgan fingerprint density at radius 1 is 0.818 bits per heavy atom. The Morgan fingerprint density at radius 2 is 1.39 bits per heavy atom. The first-order valence-corrected chi connectivity index (χ1v) is 15.4. The number of ether oxygens (including phenoxy) is 2. The third kappa shape index (κ3) is 6.82. The minimum atomic E-state index is -1.000. The quantitative estimate of drug-likeness (QED) is 0.202. The predicted octanol–water partition coefficient (Wildman–Crippen LogP) is 6.42. The fraction of sp³-hybridized carbons (Fsp3) is 0.400. The highest BCUT2D eigenvalue weighted by Gasteiger charge is 2.51. The second-order valence-electron chi connectivity index (χ2n) is 12.6. The molecule has 4 bridgehead atoms. The molecule has 7 rings (SSSR count). The van der Waals surface area contributed by atoms with Gasteiger partial charge in [0, 0.05) is 29.8 Å². The monoisotopic (exact) mass is 597 g/mol. The van der Waals surface area contributed by atoms with E-state index in [1.165, 1.54) is 19.3 Å². The number of benzene rings is 3. The van der Waals surface area contributed by atoms with Crippen LogP contribution < -0.4 is 25.4 Å². The van der Waals surface area contributed by atoms with E-state index in [4.69, 9.17) is 9.47 Å². The Bertz CT molecular complexity index is 1450. The summed E-state index contributed by atoms with van der Waals surface area (Å²) in [5, 5.41) is 18.6. The van der Waals surface area contributed by atoms with E-state index >= 15 is 0 Å². The molecule has 4 aliphatic carbocycles. The van der Waals surface area contributed by atoms with Crippen LogP contribution in [0.3, 0.4) is 0 Å². The molecular formula is C35H39N3O6. The van der Waals surface area contributed by atoms with Crippen molar-refractivity contribution < 1.29 is 29.0 Å². The van der Waals surface area contributed by atoms with E-state index in [0.717, 1.165) is 42.6 Å². The summed E-state index contributed by atoms with van der Waals surface area (Å²) in [4.78, 5) is 37.2. The number of amides is 3. The van der Waals surface area contributed by atoms with Crippen LogP contribution >= 0.6 is 0 Å². The molecule has 0 heterocycles. The summed E-state index contributed by atoms with van der Waals surface area (Å²) in [5.74, 6) is 2.23. The minimum Gasteiger partial charge on any atom is -0.497 e. The van der Waals surface area contributed by atoms with Gasteiger partial charge in [-0.2, -0.15) is 0 Å². The van der Waals surface area contributed by atoms with Gasteiger partial charge in [-0.15, -0.1) is 0 Å². The molecule has 0 saturated heterocycles. The zero-order chi connectivity index (χ0) is 30.7. The molecule has 4 aliphatic rings. The highest BCUT2D eigenvalue weighted by molar-refractivity contribution is 6.04. The zero-order valence-corrected chi connectivity index (χ0v) is 24.9. The number of rotatable bonds is 11. The normalized spacial score (nSPS) is 23.8. The third-order valence-electron chi connectivity index (χ3n) is 9.38. The topological polar surface area (TPSA) is 126 Å². The van der Waals surface area contributed by atoms with Gasteiger partial charge in [-0.05, 0) is 123 Å². The van der Waals surface area contributed by atoms with Crippen molar-refractivity contribution in [2.24, 2.45) is 17.8 Å². The summed E-state index contributed by atoms with van der Waals surface area (Å²) in [6.07, 6.45) is 7.23. The van der Waals surface area contributed by atoms with Gasteiger partial charge in [0.05, 0.1) is 12.7 Å². The number of aromatic carboxylic acids is 1. The average molecular weight is 598 g/mol. The smallest absolute Gasteiger partial charge is 0.335 e. The summed E-state index contributed by atoms with van der Waals surface area (Å²) in [7, 11) is 1.59. The third-order valence-corrected chi connectivity index (χ3v) is 9.38. The second-order valence-corrected chi connectivity index (χ2v) is 12.6. The molecule has 3 amide bonds. The van der Waals surface area contributed by atoms with Crippen LogP contribution in [-0.4, -0.2) is 42.2 Å². The molecule has 230 valence electrons. The van der Waals surface area contributed by atoms with E-state index in [1.54, 1.807) is 79.9 Å². The van der Waals surface area contributed by atoms with Crippen molar-refractivity contribution in [2.75, 3.05) is 19.0 Å². The molecule has 0 spiro atoms. The van der Waals surface area contributed by atoms with Gasteiger partial charge in [0.15, 0.2) is 0 Å². The largest absolute Gasteiger partial charge is 0.497 e. The maximum Gasteiger partial charge on any atom is 0.335 e. The van der Waals surface area contributed by atoms with E-state index in [0.29, 0.717) is 35.7 Å². The Hall–Kier alpha value is -4.53. The number of hydrogen-bond donors (Lipinski definition) is 4. The Morgan fingerprint density at radius 3 is 1.95 bits per heavy atom. The first kappa shape index (κ1) is 29.5. The first-order chi connectivity index (χ1) is 21.3. The molecule has 3 aromatic rings. The number of methoxy groups -OCH3 is 1. The lowest BCUT2D eigenvalue weighted by molar-refractivity contribution is -0.0135. The van der Waals surface area contributed by atoms with Crippen molar-refractivity contribution in [3.8, 4) is 11.5 Å². The van der Waals surface area contributed by atoms with Crippen molar-refractivity contribution in [2.45, 2.75) is 56.6 Å². The Balaban J connectivity index is 1.08. The van der Waals surface area contributed by atoms with E-state index < -0.39 is 12.1 Å². The molecule has 1 unspecified atom stereocenters. The van der Waals surface area contributed by atoms with Crippen molar-refractivity contribution in [1.82, 2.24) is 10.6 Å². The van der Waals surface area contributed by atoms with E-state index in [1.807, 2.05) is 0 Å². The lowest BCUT2D eigenvalue weighted by Crippen LogP contribution is -2.61. The Kier molecular flexibility index (Phi) is 8.46. The molecule has 3 aromatic carbocycles. The number of urea groups is 1. The van der Waals surface area contributed by atoms with Gasteiger partial charge >= 0.3 is 12.0 Å². The number of carbonyl (C=O) groups is 3. The molecule has 44 heavy (non-hydrogen) atoms. The van der Waals surface area contributed by atoms with Crippen molar-refractivity contribution >= 4 is 23.6 Å².